The van der Waals surface area contributed by atoms with Gasteiger partial charge >= 0.3 is 5.97 Å². The second kappa shape index (κ2) is 8.41. The van der Waals surface area contributed by atoms with Crippen LogP contribution in [0.4, 0.5) is 4.39 Å². The van der Waals surface area contributed by atoms with Crippen LogP contribution in [0.15, 0.2) is 36.4 Å². The number of carboxylic acid groups (broad SMARTS) is 1. The lowest BCUT2D eigenvalue weighted by Gasteiger charge is -2.33. The quantitative estimate of drug-likeness (QED) is 0.517. The van der Waals surface area contributed by atoms with E-state index in [9.17, 15) is 19.4 Å². The van der Waals surface area contributed by atoms with Crippen molar-refractivity contribution in [3.05, 3.63) is 58.5 Å². The molecule has 168 valence electrons. The van der Waals surface area contributed by atoms with E-state index >= 15 is 0 Å². The lowest BCUT2D eigenvalue weighted by molar-refractivity contribution is -0.146. The van der Waals surface area contributed by atoms with Crippen molar-refractivity contribution < 1.29 is 24.1 Å². The number of aromatic nitrogens is 1. The summed E-state index contributed by atoms with van der Waals surface area (Å²) in [7, 11) is 0. The van der Waals surface area contributed by atoms with Gasteiger partial charge in [-0.1, -0.05) is 11.6 Å². The molecule has 2 aromatic carbocycles. The van der Waals surface area contributed by atoms with Crippen molar-refractivity contribution in [1.29, 1.82) is 0 Å². The largest absolute Gasteiger partial charge is 0.508 e. The van der Waals surface area contributed by atoms with Crippen molar-refractivity contribution in [1.82, 2.24) is 4.57 Å². The molecule has 1 aliphatic heterocycles. The molecular weight excluding hydrogens is 433 g/mol. The van der Waals surface area contributed by atoms with E-state index in [1.54, 1.807) is 24.3 Å². The number of aliphatic carboxylic acids is 1. The Labute approximate surface area is 190 Å². The van der Waals surface area contributed by atoms with E-state index < -0.39 is 11.8 Å². The molecule has 0 amide bonds. The molecule has 2 fully saturated rings. The third kappa shape index (κ3) is 3.76. The number of carboxylic acids is 1. The summed E-state index contributed by atoms with van der Waals surface area (Å²) in [6.45, 7) is 1.34. The fraction of sp³-hybridized carbons (Fsp3) is 0.400. The second-order valence-corrected chi connectivity index (χ2v) is 9.37. The molecule has 2 aliphatic rings. The van der Waals surface area contributed by atoms with Gasteiger partial charge in [0.1, 0.15) is 11.6 Å². The van der Waals surface area contributed by atoms with Crippen LogP contribution in [-0.4, -0.2) is 34.0 Å². The molecule has 1 aliphatic carbocycles. The minimum Gasteiger partial charge on any atom is -0.508 e. The third-order valence-corrected chi connectivity index (χ3v) is 7.23. The van der Waals surface area contributed by atoms with Crippen molar-refractivity contribution in [2.24, 2.45) is 11.8 Å². The van der Waals surface area contributed by atoms with Crippen LogP contribution < -0.4 is 0 Å². The lowest BCUT2D eigenvalue weighted by Crippen LogP contribution is -2.31. The van der Waals surface area contributed by atoms with Gasteiger partial charge in [0.05, 0.1) is 16.5 Å². The van der Waals surface area contributed by atoms with Crippen molar-refractivity contribution in [2.45, 2.75) is 38.0 Å². The molecule has 0 spiro atoms. The zero-order chi connectivity index (χ0) is 22.4. The van der Waals surface area contributed by atoms with Crippen LogP contribution in [0, 0.1) is 17.7 Å². The number of phenols is 1. The number of phenolic OH excluding ortho intramolecular Hbond substituents is 1. The highest BCUT2D eigenvalue weighted by Gasteiger charge is 2.36. The zero-order valence-electron chi connectivity index (χ0n) is 17.6. The summed E-state index contributed by atoms with van der Waals surface area (Å²) in [6.07, 6.45) is 3.81. The molecule has 5 nitrogen and oxygen atoms in total. The number of hydrogen-bond donors (Lipinski definition) is 2. The first-order valence-electron chi connectivity index (χ1n) is 11.0. The first-order chi connectivity index (χ1) is 15.4. The van der Waals surface area contributed by atoms with Gasteiger partial charge in [-0.3, -0.25) is 4.79 Å². The van der Waals surface area contributed by atoms with Gasteiger partial charge < -0.3 is 19.5 Å². The average molecular weight is 458 g/mol. The van der Waals surface area contributed by atoms with Gasteiger partial charge in [0.25, 0.3) is 0 Å². The van der Waals surface area contributed by atoms with Gasteiger partial charge in [-0.25, -0.2) is 4.39 Å². The van der Waals surface area contributed by atoms with E-state index in [1.165, 1.54) is 6.07 Å². The van der Waals surface area contributed by atoms with Crippen LogP contribution in [0.5, 0.6) is 5.75 Å². The summed E-state index contributed by atoms with van der Waals surface area (Å²) in [5.74, 6) is -0.758. The fourth-order valence-electron chi connectivity index (χ4n) is 5.27. The molecule has 0 bridgehead atoms. The molecule has 32 heavy (non-hydrogen) atoms. The maximum absolute atomic E-state index is 13.9. The standard InChI is InChI=1S/C25H25ClFNO4/c26-21-12-17(1-3-22(21)27)28-23-4-2-18(29)13-19(23)20(11-14-9-16(10-14)25(30)31)24(28)15-5-7-32-8-6-15/h1-4,12-16,29H,5-11H2,(H,30,31)/t14-,16-. The first kappa shape index (κ1) is 21.3. The van der Waals surface area contributed by atoms with E-state index in [2.05, 4.69) is 4.57 Å². The number of ether oxygens (including phenoxy) is 1. The summed E-state index contributed by atoms with van der Waals surface area (Å²) >= 11 is 6.14. The summed E-state index contributed by atoms with van der Waals surface area (Å²) in [5.41, 5.74) is 3.97. The number of nitrogens with zero attached hydrogens (tertiary/aromatic N) is 1. The smallest absolute Gasteiger partial charge is 0.306 e. The molecule has 0 radical (unpaired) electrons. The molecule has 0 atom stereocenters. The van der Waals surface area contributed by atoms with E-state index in [-0.39, 0.29) is 28.5 Å². The summed E-state index contributed by atoms with van der Waals surface area (Å²) < 4.78 is 21.7. The topological polar surface area (TPSA) is 71.7 Å². The Kier molecular flexibility index (Phi) is 5.59. The summed E-state index contributed by atoms with van der Waals surface area (Å²) in [6, 6.07) is 10.1. The highest BCUT2D eigenvalue weighted by molar-refractivity contribution is 6.30. The molecule has 1 saturated carbocycles. The van der Waals surface area contributed by atoms with Gasteiger partial charge in [0.2, 0.25) is 0 Å². The Bertz CT molecular complexity index is 1180. The number of rotatable bonds is 5. The average Bonchev–Trinajstić information content (AvgIpc) is 3.06. The minimum atomic E-state index is -0.730. The molecule has 2 N–H and O–H groups in total. The highest BCUT2D eigenvalue weighted by atomic mass is 35.5. The third-order valence-electron chi connectivity index (χ3n) is 6.94. The Morgan fingerprint density at radius 2 is 1.91 bits per heavy atom. The van der Waals surface area contributed by atoms with Crippen LogP contribution in [0.2, 0.25) is 5.02 Å². The molecule has 5 rings (SSSR count). The highest BCUT2D eigenvalue weighted by Crippen LogP contribution is 2.44. The number of halogens is 2. The zero-order valence-corrected chi connectivity index (χ0v) is 18.3. The Balaban J connectivity index is 1.68. The predicted molar refractivity (Wildman–Crippen MR) is 120 cm³/mol. The maximum Gasteiger partial charge on any atom is 0.306 e. The van der Waals surface area contributed by atoms with Gasteiger partial charge in [-0.05, 0) is 80.0 Å². The SMILES string of the molecule is O=C(O)[C@H]1C[C@H](Cc2c(C3CCOCC3)n(-c3ccc(F)c(Cl)c3)c3ccc(O)cc23)C1. The van der Waals surface area contributed by atoms with Crippen molar-refractivity contribution in [3.63, 3.8) is 0 Å². The molecular formula is C25H25ClFNO4. The van der Waals surface area contributed by atoms with Crippen LogP contribution in [-0.2, 0) is 16.0 Å². The molecule has 7 heteroatoms. The molecule has 0 unspecified atom stereocenters. The molecule has 1 saturated heterocycles. The first-order valence-corrected chi connectivity index (χ1v) is 11.4. The Morgan fingerprint density at radius 3 is 2.59 bits per heavy atom. The monoisotopic (exact) mass is 457 g/mol. The number of hydrogen-bond acceptors (Lipinski definition) is 3. The normalized spacial score (nSPS) is 21.6. The van der Waals surface area contributed by atoms with Crippen molar-refractivity contribution in [2.75, 3.05) is 13.2 Å². The number of aromatic hydroxyl groups is 1. The number of benzene rings is 2. The van der Waals surface area contributed by atoms with Gasteiger partial charge in [-0.2, -0.15) is 0 Å². The van der Waals surface area contributed by atoms with Crippen molar-refractivity contribution in [3.8, 4) is 11.4 Å². The van der Waals surface area contributed by atoms with E-state index in [1.807, 2.05) is 6.07 Å². The van der Waals surface area contributed by atoms with Gasteiger partial charge in [0, 0.05) is 35.9 Å². The molecule has 2 heterocycles. The van der Waals surface area contributed by atoms with Crippen LogP contribution in [0.3, 0.4) is 0 Å². The summed E-state index contributed by atoms with van der Waals surface area (Å²) in [5, 5.41) is 20.6. The maximum atomic E-state index is 13.9. The Hall–Kier alpha value is -2.57. The number of carbonyl (C=O) groups is 1. The minimum absolute atomic E-state index is 0.0610. The molecule has 1 aromatic heterocycles. The fourth-order valence-corrected chi connectivity index (χ4v) is 5.45. The van der Waals surface area contributed by atoms with Crippen LogP contribution in [0.25, 0.3) is 16.6 Å². The van der Waals surface area contributed by atoms with Gasteiger partial charge in [0.15, 0.2) is 0 Å². The van der Waals surface area contributed by atoms with E-state index in [0.29, 0.717) is 26.1 Å². The van der Waals surface area contributed by atoms with Gasteiger partial charge in [-0.15, -0.1) is 0 Å². The Morgan fingerprint density at radius 1 is 1.16 bits per heavy atom. The van der Waals surface area contributed by atoms with E-state index in [0.717, 1.165) is 47.1 Å². The lowest BCUT2D eigenvalue weighted by atomic mass is 9.71. The molecule has 3 aromatic rings. The number of fused-ring (bicyclic) bond motifs is 1. The van der Waals surface area contributed by atoms with Crippen LogP contribution >= 0.6 is 11.6 Å². The van der Waals surface area contributed by atoms with Crippen LogP contribution in [0.1, 0.15) is 42.9 Å². The van der Waals surface area contributed by atoms with Crippen molar-refractivity contribution >= 4 is 28.5 Å². The van der Waals surface area contributed by atoms with E-state index in [4.69, 9.17) is 16.3 Å². The summed E-state index contributed by atoms with van der Waals surface area (Å²) in [4.78, 5) is 11.3. The second-order valence-electron chi connectivity index (χ2n) is 8.96. The predicted octanol–water partition coefficient (Wildman–Crippen LogP) is 5.68.